The number of fused-ring (bicyclic) bond motifs is 1. The maximum atomic E-state index is 13.9. The maximum absolute atomic E-state index is 13.9. The first kappa shape index (κ1) is 32.3. The van der Waals surface area contributed by atoms with E-state index < -0.39 is 17.9 Å². The van der Waals surface area contributed by atoms with Crippen molar-refractivity contribution in [3.8, 4) is 11.5 Å². The van der Waals surface area contributed by atoms with Crippen LogP contribution in [0.1, 0.15) is 56.6 Å². The number of aromatic nitrogens is 2. The van der Waals surface area contributed by atoms with Gasteiger partial charge in [-0.15, -0.1) is 0 Å². The highest BCUT2D eigenvalue weighted by Gasteiger charge is 2.27. The third-order valence-corrected chi connectivity index (χ3v) is 8.15. The van der Waals surface area contributed by atoms with Crippen LogP contribution in [0.3, 0.4) is 0 Å². The molecule has 1 saturated heterocycles. The number of rotatable bonds is 11. The van der Waals surface area contributed by atoms with E-state index in [4.69, 9.17) is 30.8 Å². The molecule has 5 rings (SSSR count). The minimum Gasteiger partial charge on any atom is -0.497 e. The summed E-state index contributed by atoms with van der Waals surface area (Å²) in [5.41, 5.74) is 3.31. The van der Waals surface area contributed by atoms with E-state index in [0.717, 1.165) is 32.2 Å². The molecule has 4 aromatic rings. The van der Waals surface area contributed by atoms with Gasteiger partial charge in [-0.3, -0.25) is 14.4 Å². The zero-order chi connectivity index (χ0) is 32.8. The summed E-state index contributed by atoms with van der Waals surface area (Å²) in [6.45, 7) is 3.05. The molecule has 3 aromatic carbocycles. The van der Waals surface area contributed by atoms with Gasteiger partial charge in [-0.05, 0) is 73.4 Å². The van der Waals surface area contributed by atoms with E-state index in [1.807, 2.05) is 4.90 Å². The van der Waals surface area contributed by atoms with Gasteiger partial charge < -0.3 is 29.0 Å². The number of esters is 1. The summed E-state index contributed by atoms with van der Waals surface area (Å²) in [5, 5.41) is 3.51. The van der Waals surface area contributed by atoms with Crippen LogP contribution in [0.5, 0.6) is 11.5 Å². The first-order valence-electron chi connectivity index (χ1n) is 14.7. The molecule has 0 spiro atoms. The summed E-state index contributed by atoms with van der Waals surface area (Å²) >= 11 is 6.32. The van der Waals surface area contributed by atoms with Gasteiger partial charge in [0.2, 0.25) is 0 Å². The molecule has 12 heteroatoms. The number of aryl methyl sites for hydroxylation is 1. The number of hydrogen-bond donors (Lipinski definition) is 1. The zero-order valence-electron chi connectivity index (χ0n) is 25.7. The molecule has 1 aliphatic heterocycles. The molecule has 2 amide bonds. The summed E-state index contributed by atoms with van der Waals surface area (Å²) in [6.07, 6.45) is 2.98. The van der Waals surface area contributed by atoms with Crippen molar-refractivity contribution in [1.82, 2.24) is 19.8 Å². The van der Waals surface area contributed by atoms with Crippen LogP contribution in [-0.2, 0) is 27.3 Å². The van der Waals surface area contributed by atoms with Crippen molar-refractivity contribution in [2.24, 2.45) is 0 Å². The van der Waals surface area contributed by atoms with Crippen molar-refractivity contribution in [2.75, 3.05) is 27.3 Å². The van der Waals surface area contributed by atoms with Gasteiger partial charge in [0.05, 0.1) is 31.3 Å². The van der Waals surface area contributed by atoms with Gasteiger partial charge in [-0.1, -0.05) is 17.7 Å². The van der Waals surface area contributed by atoms with Gasteiger partial charge in [0, 0.05) is 41.7 Å². The highest BCUT2D eigenvalue weighted by molar-refractivity contribution is 6.31. The summed E-state index contributed by atoms with van der Waals surface area (Å²) in [4.78, 5) is 57.1. The average molecular weight is 645 g/mol. The number of ether oxygens (including phenoxy) is 3. The first-order valence-corrected chi connectivity index (χ1v) is 15.1. The Morgan fingerprint density at radius 3 is 2.54 bits per heavy atom. The fourth-order valence-corrected chi connectivity index (χ4v) is 5.74. The standard InChI is InChI=1S/C34H33ClN4O7/c1-21-16-23(7-10-26(21)34(43)38-12-4-5-13-38)33(42)37-28(17-22-6-9-25(44-2)19-30(22)46-15-14-40)32-36-27-11-8-24(35)18-29(27)39(32)20-31(41)45-3/h6-11,15-16,18-19,28H,4-5,12-13,17,20H2,1-3H3,(H,37,42). The highest BCUT2D eigenvalue weighted by atomic mass is 35.5. The van der Waals surface area contributed by atoms with Gasteiger partial charge in [0.25, 0.3) is 11.8 Å². The summed E-state index contributed by atoms with van der Waals surface area (Å²) < 4.78 is 17.5. The predicted molar refractivity (Wildman–Crippen MR) is 171 cm³/mol. The second-order valence-corrected chi connectivity index (χ2v) is 11.3. The highest BCUT2D eigenvalue weighted by Crippen LogP contribution is 2.32. The molecule has 0 saturated carbocycles. The predicted octanol–water partition coefficient (Wildman–Crippen LogP) is 4.85. The first-order chi connectivity index (χ1) is 22.2. The van der Waals surface area contributed by atoms with Crippen molar-refractivity contribution in [2.45, 2.75) is 38.8 Å². The number of carbonyl (C=O) groups excluding carboxylic acids is 4. The largest absolute Gasteiger partial charge is 0.497 e. The van der Waals surface area contributed by atoms with Crippen LogP contribution in [0.4, 0.5) is 0 Å². The quantitative estimate of drug-likeness (QED) is 0.139. The third kappa shape index (κ3) is 7.06. The molecule has 238 valence electrons. The lowest BCUT2D eigenvalue weighted by molar-refractivity contribution is -0.141. The molecule has 2 heterocycles. The number of nitrogens with zero attached hydrogens (tertiary/aromatic N) is 3. The molecule has 1 aliphatic rings. The van der Waals surface area contributed by atoms with Crippen LogP contribution in [-0.4, -0.2) is 65.5 Å². The Hall–Kier alpha value is -5.12. The van der Waals surface area contributed by atoms with Crippen LogP contribution in [0, 0.1) is 6.92 Å². The Balaban J connectivity index is 1.56. The van der Waals surface area contributed by atoms with Gasteiger partial charge in [0.1, 0.15) is 23.9 Å². The number of methoxy groups -OCH3 is 2. The fraction of sp³-hybridized carbons (Fsp3) is 0.294. The Morgan fingerprint density at radius 2 is 1.85 bits per heavy atom. The second kappa shape index (κ2) is 14.3. The Bertz CT molecular complexity index is 1840. The van der Waals surface area contributed by atoms with Gasteiger partial charge in [0.15, 0.2) is 12.2 Å². The van der Waals surface area contributed by atoms with Crippen molar-refractivity contribution >= 4 is 46.4 Å². The Morgan fingerprint density at radius 1 is 1.07 bits per heavy atom. The number of carbonyl (C=O) groups is 3. The van der Waals surface area contributed by atoms with Crippen molar-refractivity contribution in [3.63, 3.8) is 0 Å². The minimum atomic E-state index is -0.814. The molecule has 0 radical (unpaired) electrons. The number of likely N-dealkylation sites (tertiary alicyclic amines) is 1. The summed E-state index contributed by atoms with van der Waals surface area (Å²) in [6, 6.07) is 14.3. The van der Waals surface area contributed by atoms with Crippen LogP contribution in [0.25, 0.3) is 11.0 Å². The number of nitrogens with one attached hydrogen (secondary N) is 1. The van der Waals surface area contributed by atoms with E-state index in [9.17, 15) is 19.2 Å². The molecule has 1 fully saturated rings. The number of imidazole rings is 1. The van der Waals surface area contributed by atoms with Gasteiger partial charge in [-0.25, -0.2) is 9.78 Å². The van der Waals surface area contributed by atoms with Gasteiger partial charge in [-0.2, -0.15) is 0 Å². The van der Waals surface area contributed by atoms with E-state index in [1.54, 1.807) is 72.0 Å². The van der Waals surface area contributed by atoms with E-state index in [0.29, 0.717) is 55.6 Å². The third-order valence-electron chi connectivity index (χ3n) is 7.92. The average Bonchev–Trinajstić information content (AvgIpc) is 3.72. The topological polar surface area (TPSA) is 129 Å². The number of hydrogen-bond acceptors (Lipinski definition) is 8. The second-order valence-electron chi connectivity index (χ2n) is 10.9. The lowest BCUT2D eigenvalue weighted by Gasteiger charge is -2.22. The smallest absolute Gasteiger partial charge is 0.325 e. The van der Waals surface area contributed by atoms with Crippen LogP contribution >= 0.6 is 11.6 Å². The molecular formula is C34H33ClN4O7. The lowest BCUT2D eigenvalue weighted by atomic mass is 10.0. The van der Waals surface area contributed by atoms with Crippen molar-refractivity contribution < 1.29 is 33.4 Å². The molecule has 1 atom stereocenters. The number of benzene rings is 3. The van der Waals surface area contributed by atoms with Crippen LogP contribution in [0.15, 0.2) is 60.9 Å². The monoisotopic (exact) mass is 644 g/mol. The summed E-state index contributed by atoms with van der Waals surface area (Å²) in [5.74, 6) is 1.76. The SMILES string of the molecule is COC(=O)Cn1c(C(Cc2ccc(OC)cc2OC=C=O)NC(=O)c2ccc(C(=O)N3CCCC3)c(C)c2)nc2ccc(Cl)cc21. The van der Waals surface area contributed by atoms with E-state index >= 15 is 0 Å². The molecular weight excluding hydrogens is 612 g/mol. The van der Waals surface area contributed by atoms with E-state index in [-0.39, 0.29) is 18.9 Å². The Kier molecular flexibility index (Phi) is 10.0. The minimum absolute atomic E-state index is 0.0496. The molecule has 0 bridgehead atoms. The van der Waals surface area contributed by atoms with Crippen LogP contribution in [0.2, 0.25) is 5.02 Å². The fourth-order valence-electron chi connectivity index (χ4n) is 5.57. The maximum Gasteiger partial charge on any atom is 0.325 e. The molecule has 1 N–H and O–H groups in total. The zero-order valence-corrected chi connectivity index (χ0v) is 26.4. The van der Waals surface area contributed by atoms with Crippen molar-refractivity contribution in [3.05, 3.63) is 94.0 Å². The molecule has 11 nitrogen and oxygen atoms in total. The molecule has 1 aromatic heterocycles. The van der Waals surface area contributed by atoms with E-state index in [2.05, 4.69) is 5.32 Å². The van der Waals surface area contributed by atoms with Gasteiger partial charge >= 0.3 is 5.97 Å². The molecule has 1 unspecified atom stereocenters. The van der Waals surface area contributed by atoms with Crippen LogP contribution < -0.4 is 14.8 Å². The van der Waals surface area contributed by atoms with E-state index in [1.165, 1.54) is 14.2 Å². The summed E-state index contributed by atoms with van der Waals surface area (Å²) in [7, 11) is 2.79. The Labute approximate surface area is 270 Å². The number of halogens is 1. The molecule has 0 aliphatic carbocycles. The van der Waals surface area contributed by atoms with Crippen molar-refractivity contribution in [1.29, 1.82) is 0 Å². The molecule has 46 heavy (non-hydrogen) atoms. The number of amides is 2. The normalized spacial score (nSPS) is 13.2. The lowest BCUT2D eigenvalue weighted by Crippen LogP contribution is -2.33.